The van der Waals surface area contributed by atoms with Crippen molar-refractivity contribution in [3.63, 3.8) is 0 Å². The van der Waals surface area contributed by atoms with Crippen molar-refractivity contribution in [2.24, 2.45) is 0 Å². The van der Waals surface area contributed by atoms with Gasteiger partial charge in [0.2, 0.25) is 0 Å². The summed E-state index contributed by atoms with van der Waals surface area (Å²) in [5.74, 6) is 1.61. The minimum atomic E-state index is -0.407. The Morgan fingerprint density at radius 2 is 1.91 bits per heavy atom. The summed E-state index contributed by atoms with van der Waals surface area (Å²) in [6.45, 7) is 1.95. The molecule has 1 amide bonds. The van der Waals surface area contributed by atoms with Crippen molar-refractivity contribution in [3.05, 3.63) is 82.2 Å². The number of nitrogens with one attached hydrogen (secondary N) is 2. The number of rotatable bonds is 7. The van der Waals surface area contributed by atoms with Gasteiger partial charge in [0.25, 0.3) is 11.9 Å². The predicted molar refractivity (Wildman–Crippen MR) is 133 cm³/mol. The van der Waals surface area contributed by atoms with Gasteiger partial charge in [0.15, 0.2) is 5.75 Å². The van der Waals surface area contributed by atoms with E-state index in [0.717, 1.165) is 26.8 Å². The summed E-state index contributed by atoms with van der Waals surface area (Å²) < 4.78 is 12.9. The molecule has 10 heteroatoms. The maximum absolute atomic E-state index is 13.2. The van der Waals surface area contributed by atoms with Crippen LogP contribution in [0.4, 0.5) is 5.95 Å². The molecule has 0 saturated carbocycles. The molecule has 9 nitrogen and oxygen atoms in total. The minimum absolute atomic E-state index is 0.0693. The molecule has 0 atom stereocenters. The Labute approximate surface area is 204 Å². The number of carbonyl (C=O) groups excluding carboxylic acids is 1. The van der Waals surface area contributed by atoms with Crippen LogP contribution in [0.5, 0.6) is 23.0 Å². The molecule has 0 spiro atoms. The summed E-state index contributed by atoms with van der Waals surface area (Å²) >= 11 is 1.31. The van der Waals surface area contributed by atoms with Crippen molar-refractivity contribution in [1.82, 2.24) is 20.6 Å². The van der Waals surface area contributed by atoms with Gasteiger partial charge in [-0.05, 0) is 59.2 Å². The molecule has 0 radical (unpaired) electrons. The van der Waals surface area contributed by atoms with Gasteiger partial charge in [-0.25, -0.2) is 0 Å². The molecule has 2 heterocycles. The van der Waals surface area contributed by atoms with Crippen molar-refractivity contribution in [2.75, 3.05) is 12.4 Å². The minimum Gasteiger partial charge on any atom is -0.508 e. The van der Waals surface area contributed by atoms with Gasteiger partial charge in [0.05, 0.1) is 7.11 Å². The zero-order chi connectivity index (χ0) is 24.4. The molecule has 35 heavy (non-hydrogen) atoms. The Morgan fingerprint density at radius 3 is 2.66 bits per heavy atom. The van der Waals surface area contributed by atoms with Crippen LogP contribution in [0.3, 0.4) is 0 Å². The van der Waals surface area contributed by atoms with Gasteiger partial charge in [-0.3, -0.25) is 10.1 Å². The Morgan fingerprint density at radius 1 is 1.11 bits per heavy atom. The number of para-hydroxylation sites is 1. The maximum Gasteiger partial charge on any atom is 0.272 e. The highest BCUT2D eigenvalue weighted by Gasteiger charge is 2.24. The fraction of sp³-hybridized carbons (Fsp3) is 0.120. The van der Waals surface area contributed by atoms with Gasteiger partial charge in [-0.1, -0.05) is 35.4 Å². The molecule has 176 valence electrons. The summed E-state index contributed by atoms with van der Waals surface area (Å²) in [6.07, 6.45) is 0.589. The van der Waals surface area contributed by atoms with E-state index >= 15 is 0 Å². The molecule has 3 N–H and O–H groups in total. The summed E-state index contributed by atoms with van der Waals surface area (Å²) in [4.78, 5) is 13.6. The highest BCUT2D eigenvalue weighted by Crippen LogP contribution is 2.44. The number of amides is 1. The number of thiophene rings is 1. The zero-order valence-corrected chi connectivity index (χ0v) is 19.7. The van der Waals surface area contributed by atoms with E-state index in [2.05, 4.69) is 25.9 Å². The second-order valence-corrected chi connectivity index (χ2v) is 8.87. The maximum atomic E-state index is 13.2. The van der Waals surface area contributed by atoms with E-state index in [1.54, 1.807) is 19.2 Å². The first-order chi connectivity index (χ1) is 17.0. The fourth-order valence-corrected chi connectivity index (χ4v) is 4.84. The van der Waals surface area contributed by atoms with Crippen LogP contribution in [0, 0.1) is 6.92 Å². The van der Waals surface area contributed by atoms with Crippen LogP contribution in [0.15, 0.2) is 60.7 Å². The van der Waals surface area contributed by atoms with Crippen LogP contribution in [0.25, 0.3) is 10.1 Å². The monoisotopic (exact) mass is 487 g/mol. The van der Waals surface area contributed by atoms with Crippen molar-refractivity contribution in [2.45, 2.75) is 13.3 Å². The second kappa shape index (κ2) is 9.43. The molecule has 0 aliphatic heterocycles. The number of nitrogens with zero attached hydrogens (tertiary/aromatic N) is 3. The number of aromatic amines is 1. The molecule has 0 unspecified atom stereocenters. The molecule has 2 aromatic heterocycles. The molecular weight excluding hydrogens is 466 g/mol. The number of aryl methyl sites for hydroxylation is 1. The number of hydrogen-bond acceptors (Lipinski definition) is 8. The smallest absolute Gasteiger partial charge is 0.272 e. The van der Waals surface area contributed by atoms with E-state index in [1.165, 1.54) is 11.3 Å². The number of phenolic OH excluding ortho intramolecular Hbond substituents is 1. The summed E-state index contributed by atoms with van der Waals surface area (Å²) in [6, 6.07) is 18.5. The molecule has 0 fully saturated rings. The van der Waals surface area contributed by atoms with E-state index in [4.69, 9.17) is 9.47 Å². The van der Waals surface area contributed by atoms with E-state index in [1.807, 2.05) is 55.5 Å². The molecule has 5 rings (SSSR count). The first kappa shape index (κ1) is 22.4. The second-order valence-electron chi connectivity index (χ2n) is 7.82. The van der Waals surface area contributed by atoms with Crippen LogP contribution in [0.1, 0.15) is 26.4 Å². The third-order valence-corrected chi connectivity index (χ3v) is 6.58. The van der Waals surface area contributed by atoms with E-state index in [0.29, 0.717) is 28.5 Å². The molecule has 0 saturated heterocycles. The van der Waals surface area contributed by atoms with E-state index < -0.39 is 5.91 Å². The van der Waals surface area contributed by atoms with Crippen LogP contribution in [-0.4, -0.2) is 38.7 Å². The number of hydrogen-bond donors (Lipinski definition) is 3. The number of anilines is 1. The molecule has 5 aromatic rings. The quantitative estimate of drug-likeness (QED) is 0.293. The third-order valence-electron chi connectivity index (χ3n) is 5.45. The van der Waals surface area contributed by atoms with Crippen molar-refractivity contribution < 1.29 is 19.4 Å². The van der Waals surface area contributed by atoms with Gasteiger partial charge in [0, 0.05) is 16.5 Å². The number of H-pyrrole nitrogens is 1. The molecule has 0 bridgehead atoms. The number of benzene rings is 3. The Balaban J connectivity index is 1.57. The van der Waals surface area contributed by atoms with Crippen molar-refractivity contribution in [1.29, 1.82) is 0 Å². The largest absolute Gasteiger partial charge is 0.508 e. The lowest BCUT2D eigenvalue weighted by atomic mass is 10.0. The first-order valence-electron chi connectivity index (χ1n) is 10.7. The Hall–Kier alpha value is -4.44. The summed E-state index contributed by atoms with van der Waals surface area (Å²) in [5, 5.41) is 26.4. The lowest BCUT2D eigenvalue weighted by Gasteiger charge is -2.13. The lowest BCUT2D eigenvalue weighted by Crippen LogP contribution is -2.12. The van der Waals surface area contributed by atoms with E-state index in [-0.39, 0.29) is 11.7 Å². The van der Waals surface area contributed by atoms with Gasteiger partial charge in [0.1, 0.15) is 22.1 Å². The number of aromatic hydroxyl groups is 1. The topological polar surface area (TPSA) is 122 Å². The normalized spacial score (nSPS) is 10.9. The molecule has 0 aliphatic carbocycles. The number of fused-ring (bicyclic) bond motifs is 1. The average molecular weight is 488 g/mol. The number of carbonyl (C=O) groups is 1. The SMILES string of the molecule is COc1cc2c(Oc3ccccc3Cc3ccc(O)cc3)c(C(=O)Nc3nn[nH]n3)sc2cc1C. The standard InChI is InChI=1S/C25H21N5O4S/c1-14-11-21-18(13-20(14)33-2)22(23(35-21)24(32)26-25-27-29-30-28-25)34-19-6-4-3-5-16(19)12-15-7-9-17(31)10-8-15/h3-11,13,31H,12H2,1-2H3,(H2,26,27,28,29,30,32). The number of aromatic nitrogens is 4. The lowest BCUT2D eigenvalue weighted by molar-refractivity contribution is 0.102. The van der Waals surface area contributed by atoms with Crippen LogP contribution >= 0.6 is 11.3 Å². The molecule has 0 aliphatic rings. The van der Waals surface area contributed by atoms with Gasteiger partial charge in [-0.2, -0.15) is 5.21 Å². The average Bonchev–Trinajstić information content (AvgIpc) is 3.49. The van der Waals surface area contributed by atoms with Crippen LogP contribution in [-0.2, 0) is 6.42 Å². The number of phenols is 1. The molecular formula is C25H21N5O4S. The predicted octanol–water partition coefficient (Wildman–Crippen LogP) is 5.07. The van der Waals surface area contributed by atoms with Crippen molar-refractivity contribution in [3.8, 4) is 23.0 Å². The first-order valence-corrected chi connectivity index (χ1v) is 11.5. The van der Waals surface area contributed by atoms with Crippen LogP contribution in [0.2, 0.25) is 0 Å². The highest BCUT2D eigenvalue weighted by molar-refractivity contribution is 7.21. The number of methoxy groups -OCH3 is 1. The highest BCUT2D eigenvalue weighted by atomic mass is 32.1. The fourth-order valence-electron chi connectivity index (χ4n) is 3.74. The Kier molecular flexibility index (Phi) is 6.02. The zero-order valence-electron chi connectivity index (χ0n) is 18.9. The van der Waals surface area contributed by atoms with Gasteiger partial charge >= 0.3 is 0 Å². The van der Waals surface area contributed by atoms with Crippen LogP contribution < -0.4 is 14.8 Å². The molecule has 3 aromatic carbocycles. The van der Waals surface area contributed by atoms with E-state index in [9.17, 15) is 9.90 Å². The van der Waals surface area contributed by atoms with Gasteiger partial charge in [-0.15, -0.1) is 16.4 Å². The summed E-state index contributed by atoms with van der Waals surface area (Å²) in [7, 11) is 1.61. The summed E-state index contributed by atoms with van der Waals surface area (Å²) in [5.41, 5.74) is 2.90. The number of ether oxygens (including phenoxy) is 2. The third kappa shape index (κ3) is 4.64. The number of tetrazole rings is 1. The Bertz CT molecular complexity index is 1500. The van der Waals surface area contributed by atoms with Crippen molar-refractivity contribution >= 4 is 33.3 Å². The van der Waals surface area contributed by atoms with Gasteiger partial charge < -0.3 is 14.6 Å².